The first kappa shape index (κ1) is 21.7. The molecule has 8 heteroatoms. The molecule has 2 atom stereocenters. The Hall–Kier alpha value is -2.55. The minimum atomic E-state index is -0.148. The molecule has 0 aliphatic carbocycles. The van der Waals surface area contributed by atoms with Gasteiger partial charge in [-0.25, -0.2) is 4.98 Å². The molecule has 1 fully saturated rings. The van der Waals surface area contributed by atoms with Crippen molar-refractivity contribution in [2.45, 2.75) is 53.0 Å². The number of amides is 1. The summed E-state index contributed by atoms with van der Waals surface area (Å²) >= 11 is 1.46. The van der Waals surface area contributed by atoms with Crippen LogP contribution in [0.1, 0.15) is 46.9 Å². The Morgan fingerprint density at radius 2 is 1.97 bits per heavy atom. The fourth-order valence-electron chi connectivity index (χ4n) is 4.07. The molecule has 7 nitrogen and oxygen atoms in total. The van der Waals surface area contributed by atoms with E-state index in [4.69, 9.17) is 4.74 Å². The van der Waals surface area contributed by atoms with Crippen molar-refractivity contribution in [2.24, 2.45) is 0 Å². The summed E-state index contributed by atoms with van der Waals surface area (Å²) in [4.78, 5) is 19.7. The zero-order chi connectivity index (χ0) is 22.0. The van der Waals surface area contributed by atoms with Gasteiger partial charge in [-0.15, -0.1) is 11.3 Å². The molecule has 0 bridgehead atoms. The van der Waals surface area contributed by atoms with Gasteiger partial charge in [0.05, 0.1) is 30.1 Å². The van der Waals surface area contributed by atoms with Gasteiger partial charge in [0.15, 0.2) is 5.13 Å². The van der Waals surface area contributed by atoms with E-state index in [2.05, 4.69) is 40.2 Å². The Kier molecular flexibility index (Phi) is 6.50. The van der Waals surface area contributed by atoms with Gasteiger partial charge in [-0.3, -0.25) is 19.7 Å². The van der Waals surface area contributed by atoms with Gasteiger partial charge in [-0.05, 0) is 51.5 Å². The van der Waals surface area contributed by atoms with Crippen LogP contribution in [-0.4, -0.2) is 50.9 Å². The van der Waals surface area contributed by atoms with Crippen LogP contribution < -0.4 is 5.32 Å². The molecule has 1 aliphatic heterocycles. The molecule has 164 valence electrons. The van der Waals surface area contributed by atoms with E-state index >= 15 is 0 Å². The fraction of sp³-hybridized carbons (Fsp3) is 0.435. The van der Waals surface area contributed by atoms with Gasteiger partial charge in [0.1, 0.15) is 0 Å². The van der Waals surface area contributed by atoms with Crippen molar-refractivity contribution in [3.05, 3.63) is 63.9 Å². The lowest BCUT2D eigenvalue weighted by Crippen LogP contribution is -2.44. The number of hydrogen-bond donors (Lipinski definition) is 1. The van der Waals surface area contributed by atoms with Gasteiger partial charge in [0, 0.05) is 36.3 Å². The van der Waals surface area contributed by atoms with Crippen molar-refractivity contribution in [3.63, 3.8) is 0 Å². The lowest BCUT2D eigenvalue weighted by atomic mass is 10.1. The highest BCUT2D eigenvalue weighted by Crippen LogP contribution is 2.20. The van der Waals surface area contributed by atoms with Crippen LogP contribution in [0.4, 0.5) is 5.13 Å². The molecule has 0 saturated carbocycles. The van der Waals surface area contributed by atoms with Crippen molar-refractivity contribution >= 4 is 22.4 Å². The van der Waals surface area contributed by atoms with Crippen molar-refractivity contribution in [1.82, 2.24) is 19.7 Å². The monoisotopic (exact) mass is 439 g/mol. The van der Waals surface area contributed by atoms with Crippen LogP contribution in [-0.2, 0) is 17.8 Å². The number of nitrogens with zero attached hydrogens (tertiary/aromatic N) is 4. The fourth-order valence-corrected chi connectivity index (χ4v) is 4.76. The maximum Gasteiger partial charge on any atom is 0.257 e. The van der Waals surface area contributed by atoms with Gasteiger partial charge in [0.2, 0.25) is 0 Å². The largest absolute Gasteiger partial charge is 0.373 e. The van der Waals surface area contributed by atoms with Crippen LogP contribution in [0.2, 0.25) is 0 Å². The third-order valence-corrected chi connectivity index (χ3v) is 6.08. The van der Waals surface area contributed by atoms with Crippen LogP contribution in [0.3, 0.4) is 0 Å². The van der Waals surface area contributed by atoms with Crippen LogP contribution in [0.15, 0.2) is 35.7 Å². The zero-order valence-corrected chi connectivity index (χ0v) is 19.3. The van der Waals surface area contributed by atoms with Gasteiger partial charge in [-0.1, -0.05) is 12.1 Å². The molecule has 4 rings (SSSR count). The molecule has 31 heavy (non-hydrogen) atoms. The second-order valence-electron chi connectivity index (χ2n) is 8.33. The first-order chi connectivity index (χ1) is 14.9. The predicted octanol–water partition coefficient (Wildman–Crippen LogP) is 3.87. The zero-order valence-electron chi connectivity index (χ0n) is 18.5. The Morgan fingerprint density at radius 3 is 2.68 bits per heavy atom. The lowest BCUT2D eigenvalue weighted by Gasteiger charge is -2.34. The Morgan fingerprint density at radius 1 is 1.19 bits per heavy atom. The summed E-state index contributed by atoms with van der Waals surface area (Å²) in [7, 11) is 0. The molecular weight excluding hydrogens is 410 g/mol. The second kappa shape index (κ2) is 9.30. The van der Waals surface area contributed by atoms with E-state index in [9.17, 15) is 4.79 Å². The van der Waals surface area contributed by atoms with E-state index < -0.39 is 0 Å². The third kappa shape index (κ3) is 5.58. The summed E-state index contributed by atoms with van der Waals surface area (Å²) < 4.78 is 7.74. The number of anilines is 1. The molecule has 2 unspecified atom stereocenters. The summed E-state index contributed by atoms with van der Waals surface area (Å²) in [5.74, 6) is -0.148. The molecule has 0 radical (unpaired) electrons. The van der Waals surface area contributed by atoms with Crippen molar-refractivity contribution in [1.29, 1.82) is 0 Å². The first-order valence-corrected chi connectivity index (χ1v) is 11.5. The summed E-state index contributed by atoms with van der Waals surface area (Å²) in [6.07, 6.45) is 0.451. The number of rotatable bonds is 6. The van der Waals surface area contributed by atoms with Crippen molar-refractivity contribution < 1.29 is 9.53 Å². The van der Waals surface area contributed by atoms with Crippen LogP contribution in [0.25, 0.3) is 0 Å². The second-order valence-corrected chi connectivity index (χ2v) is 9.19. The molecule has 1 amide bonds. The molecular formula is C23H29N5O2S. The Labute approximate surface area is 187 Å². The highest BCUT2D eigenvalue weighted by molar-refractivity contribution is 7.13. The lowest BCUT2D eigenvalue weighted by molar-refractivity contribution is -0.0707. The number of ether oxygens (including phenoxy) is 1. The average molecular weight is 440 g/mol. The number of carbonyl (C=O) groups excluding carboxylic acids is 1. The van der Waals surface area contributed by atoms with Crippen LogP contribution >= 0.6 is 11.3 Å². The van der Waals surface area contributed by atoms with Crippen LogP contribution in [0, 0.1) is 13.8 Å². The minimum absolute atomic E-state index is 0.148. The topological polar surface area (TPSA) is 72.3 Å². The molecule has 2 aromatic heterocycles. The third-order valence-electron chi connectivity index (χ3n) is 5.28. The number of aromatic nitrogens is 3. The van der Waals surface area contributed by atoms with Gasteiger partial charge < -0.3 is 4.74 Å². The smallest absolute Gasteiger partial charge is 0.257 e. The maximum absolute atomic E-state index is 12.8. The van der Waals surface area contributed by atoms with Crippen molar-refractivity contribution in [2.75, 3.05) is 18.4 Å². The molecule has 3 heterocycles. The number of nitrogens with one attached hydrogen (secondary N) is 1. The Balaban J connectivity index is 1.38. The standard InChI is InChI=1S/C23H29N5O2S/c1-15-8-16(2)28(26-15)12-19-6-5-7-20(9-19)22(29)25-23-24-21(14-31-23)13-27-10-17(3)30-18(4)11-27/h5-9,14,17-18H,10-13H2,1-4H3,(H,24,25,29). The Bertz CT molecular complexity index is 1050. The number of hydrogen-bond acceptors (Lipinski definition) is 6. The average Bonchev–Trinajstić information content (AvgIpc) is 3.26. The molecule has 3 aromatic rings. The number of aryl methyl sites for hydroxylation is 2. The predicted molar refractivity (Wildman–Crippen MR) is 123 cm³/mol. The molecule has 1 aliphatic rings. The van der Waals surface area contributed by atoms with Crippen molar-refractivity contribution in [3.8, 4) is 0 Å². The molecule has 0 spiro atoms. The number of benzene rings is 1. The van der Waals surface area contributed by atoms with Gasteiger partial charge in [-0.2, -0.15) is 5.10 Å². The maximum atomic E-state index is 12.8. The highest BCUT2D eigenvalue weighted by Gasteiger charge is 2.23. The number of carbonyl (C=O) groups is 1. The number of morpholine rings is 1. The van der Waals surface area contributed by atoms with E-state index in [1.807, 2.05) is 48.2 Å². The van der Waals surface area contributed by atoms with E-state index in [0.717, 1.165) is 42.3 Å². The van der Waals surface area contributed by atoms with Gasteiger partial charge in [0.25, 0.3) is 5.91 Å². The quantitative estimate of drug-likeness (QED) is 0.631. The highest BCUT2D eigenvalue weighted by atomic mass is 32.1. The van der Waals surface area contributed by atoms with Crippen LogP contribution in [0.5, 0.6) is 0 Å². The summed E-state index contributed by atoms with van der Waals surface area (Å²) in [6.45, 7) is 11.4. The molecule has 1 saturated heterocycles. The molecule has 1 N–H and O–H groups in total. The van der Waals surface area contributed by atoms with Gasteiger partial charge >= 0.3 is 0 Å². The summed E-state index contributed by atoms with van der Waals surface area (Å²) in [5, 5.41) is 10.1. The minimum Gasteiger partial charge on any atom is -0.373 e. The van der Waals surface area contributed by atoms with E-state index in [0.29, 0.717) is 17.2 Å². The van der Waals surface area contributed by atoms with E-state index in [1.54, 1.807) is 0 Å². The van der Waals surface area contributed by atoms with E-state index in [1.165, 1.54) is 11.3 Å². The first-order valence-electron chi connectivity index (χ1n) is 10.6. The summed E-state index contributed by atoms with van der Waals surface area (Å²) in [5.41, 5.74) is 4.72. The summed E-state index contributed by atoms with van der Waals surface area (Å²) in [6, 6.07) is 9.71. The van der Waals surface area contributed by atoms with E-state index in [-0.39, 0.29) is 18.1 Å². The normalized spacial score (nSPS) is 19.5. The molecule has 1 aromatic carbocycles. The number of thiazole rings is 1. The SMILES string of the molecule is Cc1cc(C)n(Cc2cccc(C(=O)Nc3nc(CN4CC(C)OC(C)C4)cs3)c2)n1.